The van der Waals surface area contributed by atoms with E-state index in [1.165, 1.54) is 5.06 Å². The van der Waals surface area contributed by atoms with Crippen molar-refractivity contribution in [1.82, 2.24) is 9.96 Å². The number of hydrogen-bond donors (Lipinski definition) is 3. The number of aliphatic hydroxyl groups is 1. The number of ether oxygens (including phenoxy) is 2. The summed E-state index contributed by atoms with van der Waals surface area (Å²) in [5, 5.41) is 13.1. The van der Waals surface area contributed by atoms with Crippen LogP contribution >= 0.6 is 0 Å². The molecule has 47 heavy (non-hydrogen) atoms. The van der Waals surface area contributed by atoms with Gasteiger partial charge in [0.15, 0.2) is 5.60 Å². The first-order valence-electron chi connectivity index (χ1n) is 16.2. The molecule has 1 saturated carbocycles. The van der Waals surface area contributed by atoms with Gasteiger partial charge in [0, 0.05) is 36.9 Å². The zero-order valence-corrected chi connectivity index (χ0v) is 27.6. The molecule has 5 rings (SSSR count). The highest BCUT2D eigenvalue weighted by molar-refractivity contribution is 5.89. The third-order valence-corrected chi connectivity index (χ3v) is 9.08. The summed E-state index contributed by atoms with van der Waals surface area (Å²) in [4.78, 5) is 47.6. The van der Waals surface area contributed by atoms with Crippen molar-refractivity contribution in [2.45, 2.75) is 95.9 Å². The number of benzene rings is 2. The lowest BCUT2D eigenvalue weighted by atomic mass is 9.70. The average molecular weight is 647 g/mol. The highest BCUT2D eigenvalue weighted by atomic mass is 16.7. The fourth-order valence-electron chi connectivity index (χ4n) is 6.63. The Labute approximate surface area is 276 Å². The lowest BCUT2D eigenvalue weighted by molar-refractivity contribution is -0.218. The number of hydrogen-bond acceptors (Lipinski definition) is 8. The van der Waals surface area contributed by atoms with E-state index < -0.39 is 35.7 Å². The van der Waals surface area contributed by atoms with E-state index in [1.807, 2.05) is 69.3 Å². The molecule has 0 unspecified atom stereocenters. The monoisotopic (exact) mass is 646 g/mol. The quantitative estimate of drug-likeness (QED) is 0.170. The van der Waals surface area contributed by atoms with Crippen LogP contribution in [0.1, 0.15) is 69.6 Å². The molecule has 1 aliphatic carbocycles. The van der Waals surface area contributed by atoms with Gasteiger partial charge in [-0.1, -0.05) is 48.6 Å². The summed E-state index contributed by atoms with van der Waals surface area (Å²) in [6.07, 6.45) is 0.310. The van der Waals surface area contributed by atoms with Gasteiger partial charge in [-0.2, -0.15) is 5.06 Å². The summed E-state index contributed by atoms with van der Waals surface area (Å²) in [6.45, 7) is 6.86. The molecule has 2 heterocycles. The molecular weight excluding hydrogens is 600 g/mol. The van der Waals surface area contributed by atoms with Gasteiger partial charge in [0.05, 0.1) is 31.8 Å². The summed E-state index contributed by atoms with van der Waals surface area (Å²) < 4.78 is 11.0. The van der Waals surface area contributed by atoms with Crippen molar-refractivity contribution in [3.05, 3.63) is 65.2 Å². The van der Waals surface area contributed by atoms with Gasteiger partial charge in [-0.3, -0.25) is 19.2 Å². The summed E-state index contributed by atoms with van der Waals surface area (Å²) in [5.74, 6) is 4.86. The van der Waals surface area contributed by atoms with Crippen molar-refractivity contribution in [3.8, 4) is 17.6 Å². The van der Waals surface area contributed by atoms with Crippen LogP contribution in [0.5, 0.6) is 5.75 Å². The number of carbonyl (C=O) groups is 3. The number of unbranched alkanes of at least 4 members (excludes halogenated alkanes) is 2. The normalized spacial score (nSPS) is 26.4. The zero-order chi connectivity index (χ0) is 33.9. The van der Waals surface area contributed by atoms with Gasteiger partial charge in [0.2, 0.25) is 11.8 Å². The van der Waals surface area contributed by atoms with Crippen LogP contribution in [-0.4, -0.2) is 76.4 Å². The van der Waals surface area contributed by atoms with Gasteiger partial charge in [0.1, 0.15) is 17.9 Å². The fraction of sp³-hybridized carbons (Fsp3) is 0.528. The van der Waals surface area contributed by atoms with Crippen LogP contribution in [0, 0.1) is 23.2 Å². The molecule has 6 atom stereocenters. The Kier molecular flexibility index (Phi) is 10.3. The maximum absolute atomic E-state index is 14.8. The van der Waals surface area contributed by atoms with Gasteiger partial charge < -0.3 is 30.9 Å². The molecule has 3 amide bonds. The minimum Gasteiger partial charge on any atom is -0.497 e. The number of amides is 3. The molecule has 252 valence electrons. The SMILES string of the molecule is COc1ccc(CN(CCCCCC(N)=O)C(=O)[C@@H]2[C@@H]3[C@H](O)[C@H]4O[C@H]4C[C@]3(C(N)=O)ON2Cc2ccccc2C#CC(C)(C)C)cc1. The molecule has 0 aromatic heterocycles. The smallest absolute Gasteiger partial charge is 0.252 e. The van der Waals surface area contributed by atoms with Crippen LogP contribution in [0.2, 0.25) is 0 Å². The first-order chi connectivity index (χ1) is 22.3. The number of fused-ring (bicyclic) bond motifs is 2. The second kappa shape index (κ2) is 14.0. The average Bonchev–Trinajstić information content (AvgIpc) is 3.72. The predicted molar refractivity (Wildman–Crippen MR) is 174 cm³/mol. The highest BCUT2D eigenvalue weighted by Crippen LogP contribution is 2.53. The second-order valence-corrected chi connectivity index (χ2v) is 13.8. The van der Waals surface area contributed by atoms with Gasteiger partial charge >= 0.3 is 0 Å². The first kappa shape index (κ1) is 34.4. The van der Waals surface area contributed by atoms with E-state index >= 15 is 0 Å². The Bertz CT molecular complexity index is 1530. The molecule has 0 spiro atoms. The predicted octanol–water partition coefficient (Wildman–Crippen LogP) is 2.66. The minimum atomic E-state index is -1.63. The zero-order valence-electron chi connectivity index (χ0n) is 27.6. The largest absolute Gasteiger partial charge is 0.497 e. The van der Waals surface area contributed by atoms with Crippen LogP contribution < -0.4 is 16.2 Å². The molecule has 11 heteroatoms. The summed E-state index contributed by atoms with van der Waals surface area (Å²) in [7, 11) is 1.59. The van der Waals surface area contributed by atoms with Crippen LogP contribution in [-0.2, 0) is 37.0 Å². The van der Waals surface area contributed by atoms with Crippen LogP contribution in [0.25, 0.3) is 0 Å². The molecule has 3 fully saturated rings. The number of epoxide rings is 1. The Morgan fingerprint density at radius 2 is 1.81 bits per heavy atom. The maximum atomic E-state index is 14.8. The molecule has 2 aliphatic heterocycles. The first-order valence-corrected chi connectivity index (χ1v) is 16.2. The van der Waals surface area contributed by atoms with Gasteiger partial charge in [-0.15, -0.1) is 0 Å². The van der Waals surface area contributed by atoms with E-state index in [9.17, 15) is 19.5 Å². The van der Waals surface area contributed by atoms with E-state index in [2.05, 4.69) is 11.8 Å². The van der Waals surface area contributed by atoms with Crippen molar-refractivity contribution < 1.29 is 33.8 Å². The number of nitrogens with two attached hydrogens (primary N) is 2. The highest BCUT2D eigenvalue weighted by Gasteiger charge is 2.72. The van der Waals surface area contributed by atoms with E-state index in [1.54, 1.807) is 12.0 Å². The van der Waals surface area contributed by atoms with Gasteiger partial charge in [0.25, 0.3) is 5.91 Å². The standard InChI is InChI=1S/C36H46N4O7/c1-35(2,3)18-17-24-10-7-8-11-25(24)22-40-30(29-31(42)32-27(46-32)20-36(29,47-40)34(38)44)33(43)39(19-9-5-6-12-28(37)41)21-23-13-15-26(45-4)16-14-23/h7-8,10-11,13-16,27,29-32,42H,5-6,9,12,19-22H2,1-4H3,(H2,37,41)(H2,38,44)/t27-,29+,30-,31-,32-,36-/m0/s1. The number of aliphatic hydroxyl groups excluding tert-OH is 1. The van der Waals surface area contributed by atoms with E-state index in [0.29, 0.717) is 31.6 Å². The van der Waals surface area contributed by atoms with E-state index in [0.717, 1.165) is 16.7 Å². The molecule has 2 aromatic carbocycles. The summed E-state index contributed by atoms with van der Waals surface area (Å²) >= 11 is 0. The Morgan fingerprint density at radius 1 is 1.09 bits per heavy atom. The molecule has 0 bridgehead atoms. The number of primary amides is 2. The second-order valence-electron chi connectivity index (χ2n) is 13.8. The number of nitrogens with zero attached hydrogens (tertiary/aromatic N) is 2. The van der Waals surface area contributed by atoms with Crippen molar-refractivity contribution in [3.63, 3.8) is 0 Å². The van der Waals surface area contributed by atoms with E-state index in [4.69, 9.17) is 25.8 Å². The maximum Gasteiger partial charge on any atom is 0.252 e. The van der Waals surface area contributed by atoms with Crippen molar-refractivity contribution in [2.24, 2.45) is 22.8 Å². The van der Waals surface area contributed by atoms with Crippen LogP contribution in [0.4, 0.5) is 0 Å². The van der Waals surface area contributed by atoms with Crippen molar-refractivity contribution >= 4 is 17.7 Å². The number of hydroxylamine groups is 2. The molecule has 11 nitrogen and oxygen atoms in total. The lowest BCUT2D eigenvalue weighted by Crippen LogP contribution is -2.60. The minimum absolute atomic E-state index is 0.134. The molecule has 2 aromatic rings. The summed E-state index contributed by atoms with van der Waals surface area (Å²) in [5.41, 5.74) is 12.0. The molecule has 2 saturated heterocycles. The van der Waals surface area contributed by atoms with Crippen molar-refractivity contribution in [2.75, 3.05) is 13.7 Å². The van der Waals surface area contributed by atoms with Crippen molar-refractivity contribution in [1.29, 1.82) is 0 Å². The van der Waals surface area contributed by atoms with Gasteiger partial charge in [-0.05, 0) is 62.9 Å². The third kappa shape index (κ3) is 7.79. The molecule has 5 N–H and O–H groups in total. The molecule has 0 radical (unpaired) electrons. The van der Waals surface area contributed by atoms with Gasteiger partial charge in [-0.25, -0.2) is 0 Å². The molecular formula is C36H46N4O7. The lowest BCUT2D eigenvalue weighted by Gasteiger charge is -2.37. The Morgan fingerprint density at radius 3 is 2.47 bits per heavy atom. The topological polar surface area (TPSA) is 161 Å². The molecule has 3 aliphatic rings. The third-order valence-electron chi connectivity index (χ3n) is 9.08. The van der Waals surface area contributed by atoms with Crippen LogP contribution in [0.3, 0.4) is 0 Å². The fourth-order valence-corrected chi connectivity index (χ4v) is 6.63. The number of rotatable bonds is 13. The number of carbonyl (C=O) groups excluding carboxylic acids is 3. The van der Waals surface area contributed by atoms with Crippen LogP contribution in [0.15, 0.2) is 48.5 Å². The summed E-state index contributed by atoms with van der Waals surface area (Å²) in [6, 6.07) is 14.0. The Balaban J connectivity index is 1.51. The van der Waals surface area contributed by atoms with E-state index in [-0.39, 0.29) is 49.3 Å². The Hall–Kier alpha value is -3.95. The number of methoxy groups -OCH3 is 1.